The van der Waals surface area contributed by atoms with Crippen LogP contribution in [0.15, 0.2) is 12.1 Å². The second kappa shape index (κ2) is 7.52. The first-order valence-corrected chi connectivity index (χ1v) is 7.55. The van der Waals surface area contributed by atoms with Crippen LogP contribution in [0.3, 0.4) is 0 Å². The van der Waals surface area contributed by atoms with Crippen molar-refractivity contribution in [1.29, 1.82) is 0 Å². The van der Waals surface area contributed by atoms with Gasteiger partial charge in [0.25, 0.3) is 5.91 Å². The molecule has 6 heteroatoms. The maximum Gasteiger partial charge on any atom is 0.251 e. The van der Waals surface area contributed by atoms with E-state index < -0.39 is 0 Å². The van der Waals surface area contributed by atoms with Gasteiger partial charge in [0.05, 0.1) is 18.7 Å². The van der Waals surface area contributed by atoms with Crippen LogP contribution in [0.1, 0.15) is 30.1 Å². The molecule has 0 aromatic heterocycles. The second-order valence-electron chi connectivity index (χ2n) is 4.94. The maximum absolute atomic E-state index is 12.3. The molecule has 21 heavy (non-hydrogen) atoms. The van der Waals surface area contributed by atoms with Crippen LogP contribution in [0.25, 0.3) is 0 Å². The molecule has 1 fully saturated rings. The lowest BCUT2D eigenvalue weighted by molar-refractivity contribution is 0.0930. The number of ether oxygens (including phenoxy) is 2. The Bertz CT molecular complexity index is 502. The SMILES string of the molecule is CCOc1c(Cl)cc(C(=O)NC2CCCNC2)cc1OC. The van der Waals surface area contributed by atoms with E-state index in [4.69, 9.17) is 21.1 Å². The van der Waals surface area contributed by atoms with Crippen LogP contribution in [0, 0.1) is 0 Å². The van der Waals surface area contributed by atoms with Crippen LogP contribution in [-0.2, 0) is 0 Å². The van der Waals surface area contributed by atoms with Crippen molar-refractivity contribution in [2.45, 2.75) is 25.8 Å². The lowest BCUT2D eigenvalue weighted by Gasteiger charge is -2.24. The van der Waals surface area contributed by atoms with Gasteiger partial charge in [-0.3, -0.25) is 4.79 Å². The molecule has 1 unspecified atom stereocenters. The van der Waals surface area contributed by atoms with Gasteiger partial charge >= 0.3 is 0 Å². The Balaban J connectivity index is 2.15. The fourth-order valence-corrected chi connectivity index (χ4v) is 2.64. The Labute approximate surface area is 130 Å². The van der Waals surface area contributed by atoms with E-state index in [1.165, 1.54) is 7.11 Å². The summed E-state index contributed by atoms with van der Waals surface area (Å²) in [6.07, 6.45) is 2.05. The zero-order valence-corrected chi connectivity index (χ0v) is 13.1. The highest BCUT2D eigenvalue weighted by atomic mass is 35.5. The molecule has 0 spiro atoms. The highest BCUT2D eigenvalue weighted by Gasteiger charge is 2.19. The summed E-state index contributed by atoms with van der Waals surface area (Å²) < 4.78 is 10.7. The number of piperidine rings is 1. The van der Waals surface area contributed by atoms with Gasteiger partial charge in [0.2, 0.25) is 0 Å². The first-order chi connectivity index (χ1) is 10.2. The summed E-state index contributed by atoms with van der Waals surface area (Å²) in [6, 6.07) is 3.42. The van der Waals surface area contributed by atoms with Gasteiger partial charge in [-0.05, 0) is 38.4 Å². The lowest BCUT2D eigenvalue weighted by Crippen LogP contribution is -2.45. The molecule has 1 aromatic rings. The molecule has 1 aliphatic heterocycles. The molecule has 1 saturated heterocycles. The molecule has 2 N–H and O–H groups in total. The zero-order chi connectivity index (χ0) is 15.2. The van der Waals surface area contributed by atoms with Crippen LogP contribution in [0.2, 0.25) is 5.02 Å². The first kappa shape index (κ1) is 15.9. The number of amides is 1. The molecule has 2 rings (SSSR count). The quantitative estimate of drug-likeness (QED) is 0.875. The van der Waals surface area contributed by atoms with E-state index in [0.717, 1.165) is 25.9 Å². The van der Waals surface area contributed by atoms with E-state index in [1.807, 2.05) is 6.92 Å². The fourth-order valence-electron chi connectivity index (χ4n) is 2.38. The van der Waals surface area contributed by atoms with Gasteiger partial charge < -0.3 is 20.1 Å². The third-order valence-electron chi connectivity index (χ3n) is 3.41. The van der Waals surface area contributed by atoms with Crippen molar-refractivity contribution >= 4 is 17.5 Å². The second-order valence-corrected chi connectivity index (χ2v) is 5.35. The molecule has 116 valence electrons. The highest BCUT2D eigenvalue weighted by molar-refractivity contribution is 6.32. The van der Waals surface area contributed by atoms with E-state index >= 15 is 0 Å². The maximum atomic E-state index is 12.3. The molecular weight excluding hydrogens is 292 g/mol. The van der Waals surface area contributed by atoms with Crippen molar-refractivity contribution in [2.75, 3.05) is 26.8 Å². The third-order valence-corrected chi connectivity index (χ3v) is 3.69. The van der Waals surface area contributed by atoms with E-state index in [0.29, 0.717) is 28.7 Å². The molecule has 0 radical (unpaired) electrons. The molecule has 1 aliphatic rings. The summed E-state index contributed by atoms with van der Waals surface area (Å²) >= 11 is 6.18. The van der Waals surface area contributed by atoms with E-state index in [-0.39, 0.29) is 11.9 Å². The average molecular weight is 313 g/mol. The van der Waals surface area contributed by atoms with Crippen molar-refractivity contribution in [3.8, 4) is 11.5 Å². The van der Waals surface area contributed by atoms with Crippen LogP contribution < -0.4 is 20.1 Å². The molecular formula is C15H21ClN2O3. The van der Waals surface area contributed by atoms with Gasteiger partial charge in [-0.15, -0.1) is 0 Å². The van der Waals surface area contributed by atoms with Crippen LogP contribution in [0.4, 0.5) is 0 Å². The van der Waals surface area contributed by atoms with Crippen LogP contribution >= 0.6 is 11.6 Å². The molecule has 1 heterocycles. The fraction of sp³-hybridized carbons (Fsp3) is 0.533. The summed E-state index contributed by atoms with van der Waals surface area (Å²) in [6.45, 7) is 4.16. The Morgan fingerprint density at radius 3 is 2.95 bits per heavy atom. The van der Waals surface area contributed by atoms with Crippen molar-refractivity contribution < 1.29 is 14.3 Å². The van der Waals surface area contributed by atoms with Gasteiger partial charge in [-0.25, -0.2) is 0 Å². The normalized spacial score (nSPS) is 18.1. The molecule has 1 aromatic carbocycles. The summed E-state index contributed by atoms with van der Waals surface area (Å²) in [5.41, 5.74) is 0.478. The average Bonchev–Trinajstić information content (AvgIpc) is 2.50. The number of methoxy groups -OCH3 is 1. The molecule has 0 saturated carbocycles. The van der Waals surface area contributed by atoms with Crippen LogP contribution in [-0.4, -0.2) is 38.8 Å². The first-order valence-electron chi connectivity index (χ1n) is 7.17. The Morgan fingerprint density at radius 2 is 2.33 bits per heavy atom. The Kier molecular flexibility index (Phi) is 5.70. The largest absolute Gasteiger partial charge is 0.493 e. The minimum Gasteiger partial charge on any atom is -0.493 e. The predicted molar refractivity (Wildman–Crippen MR) is 82.5 cm³/mol. The molecule has 0 aliphatic carbocycles. The van der Waals surface area contributed by atoms with Crippen LogP contribution in [0.5, 0.6) is 11.5 Å². The Hall–Kier alpha value is -1.46. The van der Waals surface area contributed by atoms with E-state index in [9.17, 15) is 4.79 Å². The van der Waals surface area contributed by atoms with Gasteiger partial charge in [0.15, 0.2) is 11.5 Å². The monoisotopic (exact) mass is 312 g/mol. The van der Waals surface area contributed by atoms with Crippen molar-refractivity contribution in [3.05, 3.63) is 22.7 Å². The number of hydrogen-bond donors (Lipinski definition) is 2. The number of carbonyl (C=O) groups excluding carboxylic acids is 1. The number of benzene rings is 1. The van der Waals surface area contributed by atoms with Crippen molar-refractivity contribution in [1.82, 2.24) is 10.6 Å². The van der Waals surface area contributed by atoms with Gasteiger partial charge in [-0.2, -0.15) is 0 Å². The topological polar surface area (TPSA) is 59.6 Å². The molecule has 1 amide bonds. The highest BCUT2D eigenvalue weighted by Crippen LogP contribution is 2.36. The molecule has 1 atom stereocenters. The van der Waals surface area contributed by atoms with Gasteiger partial charge in [-0.1, -0.05) is 11.6 Å². The number of halogens is 1. The Morgan fingerprint density at radius 1 is 1.52 bits per heavy atom. The minimum absolute atomic E-state index is 0.146. The van der Waals surface area contributed by atoms with Gasteiger partial charge in [0, 0.05) is 18.2 Å². The number of rotatable bonds is 5. The van der Waals surface area contributed by atoms with E-state index in [2.05, 4.69) is 10.6 Å². The van der Waals surface area contributed by atoms with Crippen molar-refractivity contribution in [2.24, 2.45) is 0 Å². The smallest absolute Gasteiger partial charge is 0.251 e. The summed E-state index contributed by atoms with van der Waals surface area (Å²) in [4.78, 5) is 12.3. The summed E-state index contributed by atoms with van der Waals surface area (Å²) in [5, 5.41) is 6.65. The lowest BCUT2D eigenvalue weighted by atomic mass is 10.1. The summed E-state index contributed by atoms with van der Waals surface area (Å²) in [5.74, 6) is 0.792. The summed E-state index contributed by atoms with van der Waals surface area (Å²) in [7, 11) is 1.53. The molecule has 0 bridgehead atoms. The minimum atomic E-state index is -0.146. The van der Waals surface area contributed by atoms with Crippen molar-refractivity contribution in [3.63, 3.8) is 0 Å². The zero-order valence-electron chi connectivity index (χ0n) is 12.4. The molecule has 5 nitrogen and oxygen atoms in total. The predicted octanol–water partition coefficient (Wildman–Crippen LogP) is 2.23. The van der Waals surface area contributed by atoms with Gasteiger partial charge in [0.1, 0.15) is 0 Å². The number of nitrogens with one attached hydrogen (secondary N) is 2. The number of carbonyl (C=O) groups is 1. The number of hydrogen-bond acceptors (Lipinski definition) is 4. The third kappa shape index (κ3) is 4.02. The standard InChI is InChI=1S/C15H21ClN2O3/c1-3-21-14-12(16)7-10(8-13(14)20-2)15(19)18-11-5-4-6-17-9-11/h7-8,11,17H,3-6,9H2,1-2H3,(H,18,19). The van der Waals surface area contributed by atoms with E-state index in [1.54, 1.807) is 12.1 Å².